The third-order valence-electron chi connectivity index (χ3n) is 2.24. The number of carbonyl (C=O) groups is 1. The number of halogens is 1. The molecule has 0 spiro atoms. The maximum Gasteiger partial charge on any atom is 0.259 e. The molecule has 0 radical (unpaired) electrons. The van der Waals surface area contributed by atoms with Crippen molar-refractivity contribution in [2.75, 3.05) is 13.7 Å². The molecule has 0 aromatic heterocycles. The predicted molar refractivity (Wildman–Crippen MR) is 74.6 cm³/mol. The van der Waals surface area contributed by atoms with E-state index >= 15 is 0 Å². The zero-order valence-electron chi connectivity index (χ0n) is 10.6. The molecule has 0 bridgehead atoms. The van der Waals surface area contributed by atoms with Crippen molar-refractivity contribution in [1.82, 2.24) is 0 Å². The predicted octanol–water partition coefficient (Wildman–Crippen LogP) is 2.25. The van der Waals surface area contributed by atoms with E-state index in [9.17, 15) is 4.79 Å². The van der Waals surface area contributed by atoms with Crippen LogP contribution >= 0.6 is 15.9 Å². The van der Waals surface area contributed by atoms with Crippen molar-refractivity contribution in [2.45, 2.75) is 6.92 Å². The molecular formula is C13H13BrN2O3. The van der Waals surface area contributed by atoms with Gasteiger partial charge in [-0.25, -0.2) is 0 Å². The highest BCUT2D eigenvalue weighted by Crippen LogP contribution is 2.37. The molecule has 0 aliphatic rings. The number of carbonyl (C=O) groups excluding carboxylic acids is 1. The standard InChI is InChI=1S/C13H13BrN2O3/c1-3-19-12-10(14)5-8(6-11(12)18-2)4-9(7-15)13(16)17/h4-6H,3H2,1-2H3,(H2,16,17)/b9-4-. The zero-order valence-corrected chi connectivity index (χ0v) is 12.2. The summed E-state index contributed by atoms with van der Waals surface area (Å²) in [5, 5.41) is 8.81. The first-order valence-corrected chi connectivity index (χ1v) is 6.24. The molecule has 0 fully saturated rings. The molecule has 1 rings (SSSR count). The molecule has 0 aliphatic heterocycles. The van der Waals surface area contributed by atoms with Crippen LogP contribution in [-0.4, -0.2) is 19.6 Å². The van der Waals surface area contributed by atoms with Crippen LogP contribution in [0.4, 0.5) is 0 Å². The Morgan fingerprint density at radius 1 is 1.58 bits per heavy atom. The van der Waals surface area contributed by atoms with Crippen molar-refractivity contribution < 1.29 is 14.3 Å². The summed E-state index contributed by atoms with van der Waals surface area (Å²) >= 11 is 3.36. The lowest BCUT2D eigenvalue weighted by molar-refractivity contribution is -0.114. The van der Waals surface area contributed by atoms with Crippen molar-refractivity contribution in [3.63, 3.8) is 0 Å². The molecule has 19 heavy (non-hydrogen) atoms. The van der Waals surface area contributed by atoms with Crippen LogP contribution in [0.2, 0.25) is 0 Å². The first kappa shape index (κ1) is 15.1. The number of primary amides is 1. The summed E-state index contributed by atoms with van der Waals surface area (Å²) in [5.74, 6) is 0.301. The fourth-order valence-corrected chi connectivity index (χ4v) is 2.01. The number of rotatable bonds is 5. The van der Waals surface area contributed by atoms with E-state index in [1.54, 1.807) is 18.2 Å². The third kappa shape index (κ3) is 3.73. The van der Waals surface area contributed by atoms with Crippen LogP contribution < -0.4 is 15.2 Å². The number of benzene rings is 1. The zero-order chi connectivity index (χ0) is 14.4. The third-order valence-corrected chi connectivity index (χ3v) is 2.83. The molecule has 0 saturated heterocycles. The van der Waals surface area contributed by atoms with E-state index in [4.69, 9.17) is 20.5 Å². The summed E-state index contributed by atoms with van der Waals surface area (Å²) in [4.78, 5) is 11.0. The fourth-order valence-electron chi connectivity index (χ4n) is 1.43. The quantitative estimate of drug-likeness (QED) is 0.664. The van der Waals surface area contributed by atoms with E-state index in [-0.39, 0.29) is 5.57 Å². The Kier molecular flexibility index (Phi) is 5.39. The monoisotopic (exact) mass is 324 g/mol. The SMILES string of the molecule is CCOc1c(Br)cc(/C=C(/C#N)C(N)=O)cc1OC. The Bertz CT molecular complexity index is 562. The molecule has 0 saturated carbocycles. The van der Waals surface area contributed by atoms with Crippen molar-refractivity contribution in [3.05, 3.63) is 27.7 Å². The average Bonchev–Trinajstić information content (AvgIpc) is 2.38. The van der Waals surface area contributed by atoms with Crippen molar-refractivity contribution in [2.24, 2.45) is 5.73 Å². The summed E-state index contributed by atoms with van der Waals surface area (Å²) < 4.78 is 11.3. The van der Waals surface area contributed by atoms with Crippen LogP contribution in [-0.2, 0) is 4.79 Å². The molecule has 0 aliphatic carbocycles. The molecule has 5 nitrogen and oxygen atoms in total. The van der Waals surface area contributed by atoms with Gasteiger partial charge < -0.3 is 15.2 Å². The van der Waals surface area contributed by atoms with Crippen LogP contribution in [0.5, 0.6) is 11.5 Å². The van der Waals surface area contributed by atoms with Crippen molar-refractivity contribution in [1.29, 1.82) is 5.26 Å². The lowest BCUT2D eigenvalue weighted by Crippen LogP contribution is -2.12. The van der Waals surface area contributed by atoms with Gasteiger partial charge in [0, 0.05) is 0 Å². The van der Waals surface area contributed by atoms with Crippen molar-refractivity contribution >= 4 is 27.9 Å². The highest BCUT2D eigenvalue weighted by atomic mass is 79.9. The van der Waals surface area contributed by atoms with E-state index in [2.05, 4.69) is 15.9 Å². The Labute approximate surface area is 119 Å². The molecular weight excluding hydrogens is 312 g/mol. The Morgan fingerprint density at radius 3 is 2.74 bits per heavy atom. The number of hydrogen-bond donors (Lipinski definition) is 1. The second kappa shape index (κ2) is 6.81. The summed E-state index contributed by atoms with van der Waals surface area (Å²) in [6.45, 7) is 2.36. The first-order valence-electron chi connectivity index (χ1n) is 5.45. The van der Waals surface area contributed by atoms with Gasteiger partial charge in [0.25, 0.3) is 5.91 Å². The Morgan fingerprint density at radius 2 is 2.26 bits per heavy atom. The molecule has 0 heterocycles. The van der Waals surface area contributed by atoms with Gasteiger partial charge in [-0.3, -0.25) is 4.79 Å². The topological polar surface area (TPSA) is 85.3 Å². The number of nitriles is 1. The number of hydrogen-bond acceptors (Lipinski definition) is 4. The molecule has 6 heteroatoms. The summed E-state index contributed by atoms with van der Waals surface area (Å²) in [6, 6.07) is 5.12. The number of methoxy groups -OCH3 is 1. The van der Waals surface area contributed by atoms with Gasteiger partial charge >= 0.3 is 0 Å². The maximum atomic E-state index is 11.0. The molecule has 0 unspecified atom stereocenters. The average molecular weight is 325 g/mol. The minimum Gasteiger partial charge on any atom is -0.493 e. The van der Waals surface area contributed by atoms with Gasteiger partial charge in [-0.05, 0) is 46.6 Å². The maximum absolute atomic E-state index is 11.0. The van der Waals surface area contributed by atoms with E-state index in [1.807, 2.05) is 6.92 Å². The smallest absolute Gasteiger partial charge is 0.259 e. The summed E-state index contributed by atoms with van der Waals surface area (Å²) in [5.41, 5.74) is 5.57. The summed E-state index contributed by atoms with van der Waals surface area (Å²) in [7, 11) is 1.51. The largest absolute Gasteiger partial charge is 0.493 e. The van der Waals surface area contributed by atoms with Crippen LogP contribution in [0.3, 0.4) is 0 Å². The minimum atomic E-state index is -0.772. The highest BCUT2D eigenvalue weighted by Gasteiger charge is 2.11. The lowest BCUT2D eigenvalue weighted by atomic mass is 10.1. The van der Waals surface area contributed by atoms with E-state index in [0.29, 0.717) is 28.1 Å². The number of nitrogens with two attached hydrogens (primary N) is 1. The Balaban J connectivity index is 3.30. The van der Waals surface area contributed by atoms with E-state index in [1.165, 1.54) is 13.2 Å². The minimum absolute atomic E-state index is 0.127. The first-order chi connectivity index (χ1) is 9.03. The lowest BCUT2D eigenvalue weighted by Gasteiger charge is -2.12. The van der Waals surface area contributed by atoms with E-state index < -0.39 is 5.91 Å². The second-order valence-electron chi connectivity index (χ2n) is 3.50. The number of nitrogens with zero attached hydrogens (tertiary/aromatic N) is 1. The van der Waals surface area contributed by atoms with Gasteiger partial charge in [0.05, 0.1) is 18.2 Å². The number of amides is 1. The molecule has 0 atom stereocenters. The molecule has 100 valence electrons. The van der Waals surface area contributed by atoms with Crippen LogP contribution in [0.15, 0.2) is 22.2 Å². The van der Waals surface area contributed by atoms with Gasteiger partial charge in [-0.15, -0.1) is 0 Å². The van der Waals surface area contributed by atoms with Gasteiger partial charge in [-0.1, -0.05) is 0 Å². The van der Waals surface area contributed by atoms with E-state index in [0.717, 1.165) is 0 Å². The van der Waals surface area contributed by atoms with Crippen LogP contribution in [0, 0.1) is 11.3 Å². The van der Waals surface area contributed by atoms with Crippen LogP contribution in [0.25, 0.3) is 6.08 Å². The molecule has 1 amide bonds. The van der Waals surface area contributed by atoms with Gasteiger partial charge in [0.1, 0.15) is 11.6 Å². The van der Waals surface area contributed by atoms with Crippen molar-refractivity contribution in [3.8, 4) is 17.6 Å². The molecule has 1 aromatic rings. The number of ether oxygens (including phenoxy) is 2. The fraction of sp³-hybridized carbons (Fsp3) is 0.231. The van der Waals surface area contributed by atoms with Gasteiger partial charge in [0.2, 0.25) is 0 Å². The van der Waals surface area contributed by atoms with Gasteiger partial charge in [-0.2, -0.15) is 5.26 Å². The Hall–Kier alpha value is -2.00. The second-order valence-corrected chi connectivity index (χ2v) is 4.36. The normalized spacial score (nSPS) is 10.7. The highest BCUT2D eigenvalue weighted by molar-refractivity contribution is 9.10. The molecule has 2 N–H and O–H groups in total. The summed E-state index contributed by atoms with van der Waals surface area (Å²) in [6.07, 6.45) is 1.39. The molecule has 1 aromatic carbocycles. The van der Waals surface area contributed by atoms with Gasteiger partial charge in [0.15, 0.2) is 11.5 Å². The van der Waals surface area contributed by atoms with Crippen LogP contribution in [0.1, 0.15) is 12.5 Å².